The maximum atomic E-state index is 13.2. The molecule has 2 atom stereocenters. The average molecular weight is 411 g/mol. The third-order valence-electron chi connectivity index (χ3n) is 4.80. The van der Waals surface area contributed by atoms with Crippen LogP contribution < -0.4 is 5.73 Å². The van der Waals surface area contributed by atoms with Gasteiger partial charge in [0.25, 0.3) is 0 Å². The largest absolute Gasteiger partial charge is 0.330 e. The Hall–Kier alpha value is -1.58. The molecule has 26 heavy (non-hydrogen) atoms. The van der Waals surface area contributed by atoms with Gasteiger partial charge in [-0.2, -0.15) is 13.1 Å². The Morgan fingerprint density at radius 3 is 2.58 bits per heavy atom. The van der Waals surface area contributed by atoms with Gasteiger partial charge >= 0.3 is 0 Å². The van der Waals surface area contributed by atoms with E-state index in [1.807, 2.05) is 30.3 Å². The van der Waals surface area contributed by atoms with Crippen molar-refractivity contribution < 1.29 is 8.42 Å². The van der Waals surface area contributed by atoms with Crippen LogP contribution in [0.1, 0.15) is 11.5 Å². The van der Waals surface area contributed by atoms with Crippen LogP contribution >= 0.6 is 24.1 Å². The summed E-state index contributed by atoms with van der Waals surface area (Å²) < 4.78 is 36.3. The van der Waals surface area contributed by atoms with Gasteiger partial charge in [0.15, 0.2) is 0 Å². The van der Waals surface area contributed by atoms with E-state index in [4.69, 9.17) is 5.73 Å². The van der Waals surface area contributed by atoms with Gasteiger partial charge in [0.1, 0.15) is 15.9 Å². The summed E-state index contributed by atoms with van der Waals surface area (Å²) in [6, 6.07) is 15.1. The van der Waals surface area contributed by atoms with Crippen LogP contribution in [0.4, 0.5) is 0 Å². The number of benzene rings is 2. The average Bonchev–Trinajstić information content (AvgIpc) is 3.29. The first-order chi connectivity index (χ1) is 12.1. The van der Waals surface area contributed by atoms with E-state index in [9.17, 15) is 8.42 Å². The molecule has 6 nitrogen and oxygen atoms in total. The highest BCUT2D eigenvalue weighted by Crippen LogP contribution is 2.36. The summed E-state index contributed by atoms with van der Waals surface area (Å²) in [6.45, 7) is 1.31. The molecule has 0 spiro atoms. The highest BCUT2D eigenvalue weighted by atomic mass is 35.5. The fourth-order valence-corrected chi connectivity index (χ4v) is 5.75. The predicted octanol–water partition coefficient (Wildman–Crippen LogP) is 2.48. The molecule has 0 amide bonds. The minimum Gasteiger partial charge on any atom is -0.330 e. The molecule has 1 saturated heterocycles. The van der Waals surface area contributed by atoms with Crippen molar-refractivity contribution >= 4 is 45.2 Å². The molecule has 0 saturated carbocycles. The van der Waals surface area contributed by atoms with Crippen LogP contribution in [0.2, 0.25) is 0 Å². The number of nitrogens with zero attached hydrogens (tertiary/aromatic N) is 3. The van der Waals surface area contributed by atoms with E-state index in [2.05, 4.69) is 8.75 Å². The lowest BCUT2D eigenvalue weighted by atomic mass is 9.89. The van der Waals surface area contributed by atoms with Crippen LogP contribution in [0.15, 0.2) is 53.4 Å². The summed E-state index contributed by atoms with van der Waals surface area (Å²) in [6.07, 6.45) is 0. The standard InChI is InChI=1S/C17H18N4O2S2.ClH/c18-9-13-10-21(11-14(13)12-5-2-1-3-6-12)25(22,23)16-8-4-7-15-17(16)20-24-19-15;/h1-8,13-14H,9-11,18H2;1H/t13-,14+;/m1./s1. The van der Waals surface area contributed by atoms with Crippen molar-refractivity contribution in [1.29, 1.82) is 0 Å². The molecule has 1 aliphatic heterocycles. The molecule has 3 aromatic rings. The summed E-state index contributed by atoms with van der Waals surface area (Å²) in [4.78, 5) is 0.225. The minimum absolute atomic E-state index is 0. The Bertz CT molecular complexity index is 994. The van der Waals surface area contributed by atoms with Crippen LogP contribution in [-0.2, 0) is 10.0 Å². The number of fused-ring (bicyclic) bond motifs is 1. The first kappa shape index (κ1) is 19.2. The first-order valence-corrected chi connectivity index (χ1v) is 10.2. The highest BCUT2D eigenvalue weighted by Gasteiger charge is 2.40. The third kappa shape index (κ3) is 3.23. The second kappa shape index (κ2) is 7.58. The van der Waals surface area contributed by atoms with E-state index < -0.39 is 10.0 Å². The van der Waals surface area contributed by atoms with Crippen molar-refractivity contribution in [3.63, 3.8) is 0 Å². The van der Waals surface area contributed by atoms with Crippen LogP contribution in [-0.4, -0.2) is 41.1 Å². The Morgan fingerprint density at radius 1 is 1.08 bits per heavy atom. The maximum Gasteiger partial charge on any atom is 0.245 e. The summed E-state index contributed by atoms with van der Waals surface area (Å²) in [5.74, 6) is 0.207. The number of aromatic nitrogens is 2. The normalized spacial score (nSPS) is 21.0. The molecule has 1 aromatic heterocycles. The fourth-order valence-electron chi connectivity index (χ4n) is 3.47. The van der Waals surface area contributed by atoms with Gasteiger partial charge in [-0.05, 0) is 30.2 Å². The fraction of sp³-hybridized carbons (Fsp3) is 0.294. The van der Waals surface area contributed by atoms with E-state index >= 15 is 0 Å². The molecule has 2 heterocycles. The quantitative estimate of drug-likeness (QED) is 0.713. The van der Waals surface area contributed by atoms with E-state index in [1.165, 1.54) is 4.31 Å². The number of rotatable bonds is 4. The Morgan fingerprint density at radius 2 is 1.85 bits per heavy atom. The zero-order valence-electron chi connectivity index (χ0n) is 13.9. The van der Waals surface area contributed by atoms with Gasteiger partial charge in [-0.3, -0.25) is 0 Å². The molecule has 0 unspecified atom stereocenters. The molecular formula is C17H19ClN4O2S2. The van der Waals surface area contributed by atoms with Crippen molar-refractivity contribution in [2.75, 3.05) is 19.6 Å². The van der Waals surface area contributed by atoms with Crippen molar-refractivity contribution in [3.05, 3.63) is 54.1 Å². The van der Waals surface area contributed by atoms with Gasteiger partial charge in [0, 0.05) is 19.0 Å². The molecule has 1 fully saturated rings. The zero-order chi connectivity index (χ0) is 17.4. The summed E-state index contributed by atoms with van der Waals surface area (Å²) >= 11 is 1.03. The lowest BCUT2D eigenvalue weighted by Crippen LogP contribution is -2.30. The maximum absolute atomic E-state index is 13.2. The lowest BCUT2D eigenvalue weighted by Gasteiger charge is -2.17. The number of halogens is 1. The number of hydrogen-bond donors (Lipinski definition) is 1. The van der Waals surface area contributed by atoms with Crippen molar-refractivity contribution in [2.45, 2.75) is 10.8 Å². The molecule has 2 aromatic carbocycles. The Balaban J connectivity index is 0.00000196. The van der Waals surface area contributed by atoms with Gasteiger partial charge in [-0.1, -0.05) is 36.4 Å². The molecule has 4 rings (SSSR count). The van der Waals surface area contributed by atoms with Gasteiger partial charge < -0.3 is 5.73 Å². The highest BCUT2D eigenvalue weighted by molar-refractivity contribution is 7.89. The molecular weight excluding hydrogens is 392 g/mol. The molecule has 138 valence electrons. The van der Waals surface area contributed by atoms with Crippen LogP contribution in [0, 0.1) is 5.92 Å². The smallest absolute Gasteiger partial charge is 0.245 e. The molecule has 1 aliphatic rings. The number of hydrogen-bond acceptors (Lipinski definition) is 6. The van der Waals surface area contributed by atoms with Crippen molar-refractivity contribution in [1.82, 2.24) is 13.1 Å². The Kier molecular flexibility index (Phi) is 5.59. The van der Waals surface area contributed by atoms with E-state index in [1.54, 1.807) is 18.2 Å². The summed E-state index contributed by atoms with van der Waals surface area (Å²) in [5.41, 5.74) is 8.12. The minimum atomic E-state index is -3.64. The third-order valence-corrected chi connectivity index (χ3v) is 7.21. The van der Waals surface area contributed by atoms with Gasteiger partial charge in [-0.25, -0.2) is 8.42 Å². The first-order valence-electron chi connectivity index (χ1n) is 8.07. The van der Waals surface area contributed by atoms with Crippen molar-refractivity contribution in [3.8, 4) is 0 Å². The monoisotopic (exact) mass is 410 g/mol. The molecule has 0 radical (unpaired) electrons. The Labute approximate surface area is 162 Å². The number of nitrogens with two attached hydrogens (primary N) is 1. The SMILES string of the molecule is Cl.NC[C@@H]1CN(S(=O)(=O)c2cccc3nsnc23)C[C@H]1c1ccccc1. The second-order valence-corrected chi connectivity index (χ2v) is 8.66. The topological polar surface area (TPSA) is 89.2 Å². The zero-order valence-corrected chi connectivity index (χ0v) is 16.3. The molecule has 9 heteroatoms. The van der Waals surface area contributed by atoms with Gasteiger partial charge in [0.05, 0.1) is 11.7 Å². The lowest BCUT2D eigenvalue weighted by molar-refractivity contribution is 0.459. The van der Waals surface area contributed by atoms with Crippen LogP contribution in [0.3, 0.4) is 0 Å². The molecule has 2 N–H and O–H groups in total. The van der Waals surface area contributed by atoms with Crippen LogP contribution in [0.25, 0.3) is 11.0 Å². The predicted molar refractivity (Wildman–Crippen MR) is 105 cm³/mol. The summed E-state index contributed by atoms with van der Waals surface area (Å²) in [5, 5.41) is 0. The number of sulfonamides is 1. The molecule has 0 bridgehead atoms. The molecule has 0 aliphatic carbocycles. The van der Waals surface area contributed by atoms with Gasteiger partial charge in [0.2, 0.25) is 10.0 Å². The van der Waals surface area contributed by atoms with Crippen LogP contribution in [0.5, 0.6) is 0 Å². The summed E-state index contributed by atoms with van der Waals surface area (Å²) in [7, 11) is -3.64. The van der Waals surface area contributed by atoms with E-state index in [0.717, 1.165) is 17.3 Å². The van der Waals surface area contributed by atoms with Gasteiger partial charge in [-0.15, -0.1) is 12.4 Å². The van der Waals surface area contributed by atoms with E-state index in [0.29, 0.717) is 30.7 Å². The van der Waals surface area contributed by atoms with E-state index in [-0.39, 0.29) is 29.1 Å². The van der Waals surface area contributed by atoms with Crippen molar-refractivity contribution in [2.24, 2.45) is 11.7 Å². The second-order valence-electron chi connectivity index (χ2n) is 6.22.